The molecule has 1 heteroatoms. The Morgan fingerprint density at radius 1 is 0.933 bits per heavy atom. The maximum absolute atomic E-state index is 9.45. The van der Waals surface area contributed by atoms with Crippen molar-refractivity contribution in [3.63, 3.8) is 0 Å². The summed E-state index contributed by atoms with van der Waals surface area (Å²) in [4.78, 5) is 0. The van der Waals surface area contributed by atoms with E-state index in [0.29, 0.717) is 5.75 Å². The van der Waals surface area contributed by atoms with E-state index in [1.165, 1.54) is 25.7 Å². The average Bonchev–Trinajstić information content (AvgIpc) is 1.99. The van der Waals surface area contributed by atoms with Crippen molar-refractivity contribution in [2.24, 2.45) is 0 Å². The lowest BCUT2D eigenvalue weighted by molar-refractivity contribution is 0.447. The summed E-state index contributed by atoms with van der Waals surface area (Å²) in [5, 5.41) is 9.45. The van der Waals surface area contributed by atoms with Crippen LogP contribution in [0.15, 0.2) is 24.3 Å². The smallest absolute Gasteiger partial charge is 0.119 e. The van der Waals surface area contributed by atoms with Crippen molar-refractivity contribution in [3.05, 3.63) is 29.8 Å². The van der Waals surface area contributed by atoms with Crippen molar-refractivity contribution in [2.75, 3.05) is 0 Å². The number of phenolic OH excluding ortho intramolecular Hbond substituents is 1. The maximum atomic E-state index is 9.45. The van der Waals surface area contributed by atoms with E-state index in [1.54, 1.807) is 6.07 Å². The highest BCUT2D eigenvalue weighted by molar-refractivity contribution is 5.36. The fourth-order valence-electron chi connectivity index (χ4n) is 1.36. The molecule has 0 amide bonds. The second kappa shape index (κ2) is 5.20. The summed E-state index contributed by atoms with van der Waals surface area (Å²) in [5.41, 5.74) is 1.03. The lowest BCUT2D eigenvalue weighted by Crippen LogP contribution is -2.10. The van der Waals surface area contributed by atoms with Crippen molar-refractivity contribution >= 4 is 0 Å². The third-order valence-electron chi connectivity index (χ3n) is 2.71. The Kier molecular flexibility index (Phi) is 4.19. The van der Waals surface area contributed by atoms with Gasteiger partial charge in [-0.2, -0.15) is 0 Å². The van der Waals surface area contributed by atoms with Gasteiger partial charge in [0.1, 0.15) is 5.75 Å². The molecular formula is C14H22O. The molecule has 84 valence electrons. The van der Waals surface area contributed by atoms with Crippen LogP contribution in [0.5, 0.6) is 5.75 Å². The standard InChI is InChI=1S/C10H14O.C4H8/c1-10(2,3)8-6-4-5-7-9(8)11;1-2-4-3-1/h4-7,11H,1-3H3;1-4H2. The van der Waals surface area contributed by atoms with Gasteiger partial charge in [-0.25, -0.2) is 0 Å². The molecule has 0 radical (unpaired) electrons. The van der Waals surface area contributed by atoms with Gasteiger partial charge in [-0.15, -0.1) is 0 Å². The van der Waals surface area contributed by atoms with Crippen LogP contribution in [0, 0.1) is 0 Å². The monoisotopic (exact) mass is 206 g/mol. The van der Waals surface area contributed by atoms with Crippen LogP contribution in [0.4, 0.5) is 0 Å². The van der Waals surface area contributed by atoms with Crippen LogP contribution in [0.2, 0.25) is 0 Å². The second-order valence-corrected chi connectivity index (χ2v) is 5.18. The number of rotatable bonds is 0. The minimum absolute atomic E-state index is 0.0331. The van der Waals surface area contributed by atoms with E-state index in [2.05, 4.69) is 20.8 Å². The number of aromatic hydroxyl groups is 1. The summed E-state index contributed by atoms with van der Waals surface area (Å²) in [6.45, 7) is 6.26. The first-order chi connectivity index (χ1) is 7.02. The predicted molar refractivity (Wildman–Crippen MR) is 65.3 cm³/mol. The molecule has 0 aromatic heterocycles. The Morgan fingerprint density at radius 3 is 1.67 bits per heavy atom. The fourth-order valence-corrected chi connectivity index (χ4v) is 1.36. The number of benzene rings is 1. The zero-order chi connectivity index (χ0) is 11.3. The molecule has 1 aliphatic carbocycles. The molecule has 0 saturated heterocycles. The SMILES string of the molecule is C1CCC1.CC(C)(C)c1ccccc1O. The van der Waals surface area contributed by atoms with Crippen LogP contribution in [0.3, 0.4) is 0 Å². The van der Waals surface area contributed by atoms with Gasteiger partial charge in [0.15, 0.2) is 0 Å². The third-order valence-corrected chi connectivity index (χ3v) is 2.71. The third kappa shape index (κ3) is 3.94. The van der Waals surface area contributed by atoms with E-state index in [1.807, 2.05) is 18.2 Å². The Bertz CT molecular complexity index is 288. The largest absolute Gasteiger partial charge is 0.508 e. The first kappa shape index (κ1) is 12.1. The van der Waals surface area contributed by atoms with Gasteiger partial charge in [-0.3, -0.25) is 0 Å². The summed E-state index contributed by atoms with van der Waals surface area (Å²) < 4.78 is 0. The molecule has 0 unspecified atom stereocenters. The van der Waals surface area contributed by atoms with E-state index in [9.17, 15) is 5.11 Å². The van der Waals surface area contributed by atoms with Gasteiger partial charge in [0.2, 0.25) is 0 Å². The quantitative estimate of drug-likeness (QED) is 0.672. The number of para-hydroxylation sites is 1. The topological polar surface area (TPSA) is 20.2 Å². The van der Waals surface area contributed by atoms with Gasteiger partial charge in [0.25, 0.3) is 0 Å². The first-order valence-electron chi connectivity index (χ1n) is 5.80. The van der Waals surface area contributed by atoms with Gasteiger partial charge in [0, 0.05) is 0 Å². The molecule has 1 aromatic rings. The molecule has 0 heterocycles. The molecule has 1 N–H and O–H groups in total. The molecule has 0 spiro atoms. The minimum atomic E-state index is 0.0331. The van der Waals surface area contributed by atoms with E-state index < -0.39 is 0 Å². The van der Waals surface area contributed by atoms with Crippen LogP contribution in [-0.2, 0) is 5.41 Å². The summed E-state index contributed by atoms with van der Waals surface area (Å²) in [7, 11) is 0. The van der Waals surface area contributed by atoms with E-state index in [4.69, 9.17) is 0 Å². The fraction of sp³-hybridized carbons (Fsp3) is 0.571. The van der Waals surface area contributed by atoms with Crippen LogP contribution < -0.4 is 0 Å². The Balaban J connectivity index is 0.000000234. The normalized spacial score (nSPS) is 14.9. The van der Waals surface area contributed by atoms with Crippen LogP contribution in [-0.4, -0.2) is 5.11 Å². The molecule has 1 nitrogen and oxygen atoms in total. The van der Waals surface area contributed by atoms with Gasteiger partial charge in [-0.05, 0) is 17.0 Å². The highest BCUT2D eigenvalue weighted by atomic mass is 16.3. The molecule has 0 bridgehead atoms. The van der Waals surface area contributed by atoms with E-state index in [-0.39, 0.29) is 5.41 Å². The summed E-state index contributed by atoms with van der Waals surface area (Å²) >= 11 is 0. The van der Waals surface area contributed by atoms with Crippen LogP contribution in [0.25, 0.3) is 0 Å². The number of hydrogen-bond acceptors (Lipinski definition) is 1. The first-order valence-corrected chi connectivity index (χ1v) is 5.80. The van der Waals surface area contributed by atoms with Crippen molar-refractivity contribution < 1.29 is 5.11 Å². The van der Waals surface area contributed by atoms with Crippen LogP contribution >= 0.6 is 0 Å². The Morgan fingerprint density at radius 2 is 1.40 bits per heavy atom. The molecule has 1 saturated carbocycles. The molecule has 1 aromatic carbocycles. The lowest BCUT2D eigenvalue weighted by atomic mass is 9.86. The van der Waals surface area contributed by atoms with Crippen LogP contribution in [0.1, 0.15) is 52.0 Å². The average molecular weight is 206 g/mol. The molecule has 0 atom stereocenters. The highest BCUT2D eigenvalue weighted by Crippen LogP contribution is 2.29. The maximum Gasteiger partial charge on any atom is 0.119 e. The molecular weight excluding hydrogens is 184 g/mol. The summed E-state index contributed by atoms with van der Waals surface area (Å²) in [6, 6.07) is 7.46. The minimum Gasteiger partial charge on any atom is -0.508 e. The Labute approximate surface area is 93.1 Å². The Hall–Kier alpha value is -0.980. The summed E-state index contributed by atoms with van der Waals surface area (Å²) in [5.74, 6) is 0.389. The number of hydrogen-bond donors (Lipinski definition) is 1. The molecule has 15 heavy (non-hydrogen) atoms. The lowest BCUT2D eigenvalue weighted by Gasteiger charge is -2.19. The zero-order valence-electron chi connectivity index (χ0n) is 10.1. The molecule has 1 aliphatic rings. The summed E-state index contributed by atoms with van der Waals surface area (Å²) in [6.07, 6.45) is 6.00. The molecule has 2 rings (SSSR count). The predicted octanol–water partition coefficient (Wildman–Crippen LogP) is 4.25. The van der Waals surface area contributed by atoms with Crippen molar-refractivity contribution in [1.29, 1.82) is 0 Å². The van der Waals surface area contributed by atoms with Crippen molar-refractivity contribution in [3.8, 4) is 5.75 Å². The van der Waals surface area contributed by atoms with Crippen molar-refractivity contribution in [1.82, 2.24) is 0 Å². The highest BCUT2D eigenvalue weighted by Gasteiger charge is 2.16. The molecule has 1 fully saturated rings. The number of phenols is 1. The van der Waals surface area contributed by atoms with Crippen molar-refractivity contribution in [2.45, 2.75) is 51.9 Å². The zero-order valence-corrected chi connectivity index (χ0v) is 10.1. The van der Waals surface area contributed by atoms with E-state index in [0.717, 1.165) is 5.56 Å². The van der Waals surface area contributed by atoms with Gasteiger partial charge >= 0.3 is 0 Å². The van der Waals surface area contributed by atoms with Gasteiger partial charge in [0.05, 0.1) is 0 Å². The van der Waals surface area contributed by atoms with Gasteiger partial charge in [-0.1, -0.05) is 64.7 Å². The van der Waals surface area contributed by atoms with E-state index >= 15 is 0 Å². The molecule has 0 aliphatic heterocycles. The van der Waals surface area contributed by atoms with Gasteiger partial charge < -0.3 is 5.11 Å². The second-order valence-electron chi connectivity index (χ2n) is 5.18.